The maximum atomic E-state index is 13.0. The van der Waals surface area contributed by atoms with E-state index in [2.05, 4.69) is 4.98 Å². The van der Waals surface area contributed by atoms with Gasteiger partial charge in [-0.1, -0.05) is 11.6 Å². The van der Waals surface area contributed by atoms with E-state index >= 15 is 0 Å². The van der Waals surface area contributed by atoms with Crippen molar-refractivity contribution in [3.05, 3.63) is 45.4 Å². The van der Waals surface area contributed by atoms with E-state index in [0.29, 0.717) is 42.8 Å². The predicted molar refractivity (Wildman–Crippen MR) is 102 cm³/mol. The summed E-state index contributed by atoms with van der Waals surface area (Å²) in [6.07, 6.45) is 2.65. The molecule has 0 saturated carbocycles. The van der Waals surface area contributed by atoms with Gasteiger partial charge < -0.3 is 19.1 Å². The van der Waals surface area contributed by atoms with Crippen molar-refractivity contribution in [1.82, 2.24) is 9.88 Å². The number of piperidine rings is 1. The Labute approximate surface area is 167 Å². The molecule has 27 heavy (non-hydrogen) atoms. The third-order valence-electron chi connectivity index (χ3n) is 4.72. The minimum Gasteiger partial charge on any atom is -0.486 e. The van der Waals surface area contributed by atoms with Gasteiger partial charge in [-0.25, -0.2) is 4.98 Å². The number of aromatic nitrogens is 1. The van der Waals surface area contributed by atoms with E-state index in [9.17, 15) is 4.79 Å². The van der Waals surface area contributed by atoms with E-state index in [4.69, 9.17) is 25.8 Å². The lowest BCUT2D eigenvalue weighted by molar-refractivity contribution is -0.100. The van der Waals surface area contributed by atoms with Crippen molar-refractivity contribution in [2.24, 2.45) is 0 Å². The maximum Gasteiger partial charge on any atom is 0.273 e. The first-order valence-corrected chi connectivity index (χ1v) is 10.3. The van der Waals surface area contributed by atoms with E-state index in [1.54, 1.807) is 17.5 Å². The summed E-state index contributed by atoms with van der Waals surface area (Å²) in [6, 6.07) is 7.13. The minimum absolute atomic E-state index is 0.0378. The lowest BCUT2D eigenvalue weighted by Gasteiger charge is -2.37. The van der Waals surface area contributed by atoms with Crippen LogP contribution in [0.2, 0.25) is 5.02 Å². The Hall–Kier alpha value is -1.67. The fourth-order valence-electron chi connectivity index (χ4n) is 3.39. The molecule has 0 N–H and O–H groups in total. The van der Waals surface area contributed by atoms with Crippen molar-refractivity contribution in [3.63, 3.8) is 0 Å². The average molecular weight is 409 g/mol. The number of rotatable bonds is 5. The number of nitrogens with zero attached hydrogens (tertiary/aromatic N) is 2. The number of likely N-dealkylation sites (tertiary alicyclic amines) is 1. The van der Waals surface area contributed by atoms with Crippen molar-refractivity contribution in [2.75, 3.05) is 19.8 Å². The van der Waals surface area contributed by atoms with Gasteiger partial charge in [0.25, 0.3) is 5.91 Å². The minimum atomic E-state index is -0.319. The molecule has 1 unspecified atom stereocenters. The molecule has 1 aromatic carbocycles. The van der Waals surface area contributed by atoms with E-state index in [1.807, 2.05) is 17.0 Å². The van der Waals surface area contributed by atoms with Gasteiger partial charge in [0.05, 0.1) is 19.3 Å². The molecule has 0 aliphatic carbocycles. The van der Waals surface area contributed by atoms with Crippen LogP contribution in [0.4, 0.5) is 0 Å². The third-order valence-corrected chi connectivity index (χ3v) is 5.79. The van der Waals surface area contributed by atoms with Gasteiger partial charge in [-0.3, -0.25) is 4.79 Å². The zero-order chi connectivity index (χ0) is 18.6. The van der Waals surface area contributed by atoms with Gasteiger partial charge in [-0.2, -0.15) is 0 Å². The first-order valence-electron chi connectivity index (χ1n) is 9.07. The predicted octanol–water partition coefficient (Wildman–Crippen LogP) is 3.74. The molecular formula is C19H21ClN2O4S. The molecule has 8 heteroatoms. The zero-order valence-corrected chi connectivity index (χ0v) is 16.4. The van der Waals surface area contributed by atoms with Crippen LogP contribution in [0.1, 0.15) is 34.8 Å². The Morgan fingerprint density at radius 3 is 2.81 bits per heavy atom. The third kappa shape index (κ3) is 4.43. The van der Waals surface area contributed by atoms with Gasteiger partial charge in [-0.15, -0.1) is 11.3 Å². The van der Waals surface area contributed by atoms with E-state index in [0.717, 1.165) is 24.3 Å². The second-order valence-corrected chi connectivity index (χ2v) is 7.92. The second-order valence-electron chi connectivity index (χ2n) is 6.54. The monoisotopic (exact) mass is 408 g/mol. The topological polar surface area (TPSA) is 60.9 Å². The smallest absolute Gasteiger partial charge is 0.273 e. The fourth-order valence-corrected chi connectivity index (χ4v) is 4.19. The van der Waals surface area contributed by atoms with E-state index in [1.165, 1.54) is 11.3 Å². The van der Waals surface area contributed by atoms with Crippen LogP contribution in [0.3, 0.4) is 0 Å². The van der Waals surface area contributed by atoms with E-state index in [-0.39, 0.29) is 18.2 Å². The highest BCUT2D eigenvalue weighted by Crippen LogP contribution is 2.26. The summed E-state index contributed by atoms with van der Waals surface area (Å²) >= 11 is 7.30. The lowest BCUT2D eigenvalue weighted by atomic mass is 10.0. The highest BCUT2D eigenvalue weighted by Gasteiger charge is 2.37. The molecule has 4 rings (SSSR count). The SMILES string of the molecule is O=C(c1csc(COc2ccc(Cl)cc2)n1)N1CCCCC1C1OCCO1. The highest BCUT2D eigenvalue weighted by atomic mass is 35.5. The van der Waals surface area contributed by atoms with Crippen LogP contribution < -0.4 is 4.74 Å². The Morgan fingerprint density at radius 1 is 1.26 bits per heavy atom. The first kappa shape index (κ1) is 18.7. The average Bonchev–Trinajstić information content (AvgIpc) is 3.39. The summed E-state index contributed by atoms with van der Waals surface area (Å²) in [7, 11) is 0. The van der Waals surface area contributed by atoms with Crippen molar-refractivity contribution < 1.29 is 19.0 Å². The molecule has 2 fully saturated rings. The normalized spacial score (nSPS) is 20.8. The van der Waals surface area contributed by atoms with Gasteiger partial charge in [0.15, 0.2) is 6.29 Å². The van der Waals surface area contributed by atoms with Crippen LogP contribution in [-0.4, -0.2) is 47.9 Å². The zero-order valence-electron chi connectivity index (χ0n) is 14.8. The van der Waals surface area contributed by atoms with Gasteiger partial charge in [-0.05, 0) is 43.5 Å². The molecule has 2 saturated heterocycles. The van der Waals surface area contributed by atoms with Gasteiger partial charge >= 0.3 is 0 Å². The Bertz CT molecular complexity index is 776. The number of amides is 1. The summed E-state index contributed by atoms with van der Waals surface area (Å²) in [4.78, 5) is 19.3. The summed E-state index contributed by atoms with van der Waals surface area (Å²) < 4.78 is 17.0. The molecule has 0 bridgehead atoms. The number of halogens is 1. The number of carbonyl (C=O) groups excluding carboxylic acids is 1. The number of carbonyl (C=O) groups is 1. The molecule has 3 heterocycles. The van der Waals surface area contributed by atoms with E-state index < -0.39 is 0 Å². The van der Waals surface area contributed by atoms with Gasteiger partial charge in [0.1, 0.15) is 23.1 Å². The van der Waals surface area contributed by atoms with Crippen molar-refractivity contribution in [2.45, 2.75) is 38.2 Å². The Kier molecular flexibility index (Phi) is 5.92. The number of benzene rings is 1. The summed E-state index contributed by atoms with van der Waals surface area (Å²) in [5, 5.41) is 3.22. The van der Waals surface area contributed by atoms with Crippen LogP contribution in [0.25, 0.3) is 0 Å². The quantitative estimate of drug-likeness (QED) is 0.754. The number of hydrogen-bond donors (Lipinski definition) is 0. The molecule has 0 radical (unpaired) electrons. The number of hydrogen-bond acceptors (Lipinski definition) is 6. The molecule has 2 aliphatic heterocycles. The van der Waals surface area contributed by atoms with Crippen LogP contribution in [-0.2, 0) is 16.1 Å². The molecule has 0 spiro atoms. The summed E-state index contributed by atoms with van der Waals surface area (Å²) in [5.74, 6) is 0.655. The summed E-state index contributed by atoms with van der Waals surface area (Å²) in [6.45, 7) is 2.21. The number of ether oxygens (including phenoxy) is 3. The highest BCUT2D eigenvalue weighted by molar-refractivity contribution is 7.09. The molecule has 6 nitrogen and oxygen atoms in total. The molecule has 1 atom stereocenters. The Balaban J connectivity index is 1.40. The fraction of sp³-hybridized carbons (Fsp3) is 0.474. The lowest BCUT2D eigenvalue weighted by Crippen LogP contribution is -2.50. The molecule has 144 valence electrons. The molecular weight excluding hydrogens is 388 g/mol. The maximum absolute atomic E-state index is 13.0. The van der Waals surface area contributed by atoms with Crippen LogP contribution >= 0.6 is 22.9 Å². The number of thiazole rings is 1. The standard InChI is InChI=1S/C19H21ClN2O4S/c20-13-4-6-14(7-5-13)26-11-17-21-15(12-27-17)18(23)22-8-2-1-3-16(22)19-24-9-10-25-19/h4-7,12,16,19H,1-3,8-11H2. The molecule has 2 aromatic rings. The molecule has 2 aliphatic rings. The van der Waals surface area contributed by atoms with Crippen LogP contribution in [0.15, 0.2) is 29.6 Å². The van der Waals surface area contributed by atoms with Gasteiger partial charge in [0, 0.05) is 16.9 Å². The van der Waals surface area contributed by atoms with Crippen molar-refractivity contribution in [3.8, 4) is 5.75 Å². The molecule has 1 amide bonds. The largest absolute Gasteiger partial charge is 0.486 e. The van der Waals surface area contributed by atoms with Crippen molar-refractivity contribution >= 4 is 28.8 Å². The van der Waals surface area contributed by atoms with Crippen LogP contribution in [0.5, 0.6) is 5.75 Å². The Morgan fingerprint density at radius 2 is 2.04 bits per heavy atom. The van der Waals surface area contributed by atoms with Crippen molar-refractivity contribution in [1.29, 1.82) is 0 Å². The first-order chi connectivity index (χ1) is 13.2. The molecule has 1 aromatic heterocycles. The van der Waals surface area contributed by atoms with Crippen LogP contribution in [0, 0.1) is 0 Å². The summed E-state index contributed by atoms with van der Waals surface area (Å²) in [5.41, 5.74) is 0.458. The second kappa shape index (κ2) is 8.56. The van der Waals surface area contributed by atoms with Gasteiger partial charge in [0.2, 0.25) is 0 Å².